The van der Waals surface area contributed by atoms with E-state index in [9.17, 15) is 0 Å². The topological polar surface area (TPSA) is 86.0 Å². The molecule has 3 rings (SSSR count). The Labute approximate surface area is 153 Å². The summed E-state index contributed by atoms with van der Waals surface area (Å²) in [4.78, 5) is 2.02. The number of rotatable bonds is 8. The zero-order chi connectivity index (χ0) is 18.5. The van der Waals surface area contributed by atoms with E-state index in [-0.39, 0.29) is 6.04 Å². The van der Waals surface area contributed by atoms with Gasteiger partial charge in [-0.1, -0.05) is 35.4 Å². The average molecular weight is 354 g/mol. The number of nitrogens with zero attached hydrogens (tertiary/aromatic N) is 5. The van der Waals surface area contributed by atoms with Crippen LogP contribution in [0.2, 0.25) is 0 Å². The van der Waals surface area contributed by atoms with Crippen LogP contribution in [0, 0.1) is 0 Å². The molecule has 0 spiro atoms. The second-order valence-electron chi connectivity index (χ2n) is 6.66. The average Bonchev–Trinajstić information content (AvgIpc) is 3.30. The molecule has 2 heterocycles. The van der Waals surface area contributed by atoms with Gasteiger partial charge in [-0.25, -0.2) is 0 Å². The molecule has 1 aromatic carbocycles. The first-order valence-corrected chi connectivity index (χ1v) is 8.97. The van der Waals surface area contributed by atoms with Crippen molar-refractivity contribution >= 4 is 6.01 Å². The summed E-state index contributed by atoms with van der Waals surface area (Å²) in [6.07, 6.45) is 4.59. The number of hydrogen-bond acceptors (Lipinski definition) is 6. The van der Waals surface area contributed by atoms with E-state index < -0.39 is 0 Å². The Hall–Kier alpha value is -2.67. The fourth-order valence-electron chi connectivity index (χ4n) is 2.74. The molecule has 0 aliphatic rings. The zero-order valence-electron chi connectivity index (χ0n) is 15.5. The highest BCUT2D eigenvalue weighted by Gasteiger charge is 2.19. The molecule has 0 bridgehead atoms. The van der Waals surface area contributed by atoms with Crippen LogP contribution in [0.4, 0.5) is 6.01 Å². The molecule has 0 amide bonds. The van der Waals surface area contributed by atoms with Crippen molar-refractivity contribution in [3.8, 4) is 0 Å². The first kappa shape index (κ1) is 18.1. The van der Waals surface area contributed by atoms with Gasteiger partial charge in [-0.15, -0.1) is 5.10 Å². The van der Waals surface area contributed by atoms with Crippen LogP contribution in [0.5, 0.6) is 0 Å². The Morgan fingerprint density at radius 1 is 1.15 bits per heavy atom. The molecule has 2 N–H and O–H groups in total. The van der Waals surface area contributed by atoms with Crippen LogP contribution in [0.1, 0.15) is 49.9 Å². The highest BCUT2D eigenvalue weighted by molar-refractivity contribution is 5.27. The minimum Gasteiger partial charge on any atom is -0.406 e. The molecule has 7 nitrogen and oxygen atoms in total. The lowest BCUT2D eigenvalue weighted by Gasteiger charge is -2.16. The summed E-state index contributed by atoms with van der Waals surface area (Å²) in [5.74, 6) is 0.458. The Balaban J connectivity index is 1.67. The van der Waals surface area contributed by atoms with Crippen molar-refractivity contribution in [3.63, 3.8) is 0 Å². The van der Waals surface area contributed by atoms with Gasteiger partial charge in [0.25, 0.3) is 0 Å². The Kier molecular flexibility index (Phi) is 5.68. The van der Waals surface area contributed by atoms with Gasteiger partial charge < -0.3 is 15.1 Å². The first-order valence-electron chi connectivity index (χ1n) is 8.97. The normalized spacial score (nSPS) is 12.5. The molecule has 0 saturated carbocycles. The molecular formula is C19H26N6O. The SMILES string of the molecule is CCN(Cc1cnn(C(C)C)c1)c1nnc([C@H](N)Cc2ccccc2)o1. The van der Waals surface area contributed by atoms with Crippen molar-refractivity contribution < 1.29 is 4.42 Å². The maximum absolute atomic E-state index is 6.24. The molecule has 0 unspecified atom stereocenters. The minimum absolute atomic E-state index is 0.318. The summed E-state index contributed by atoms with van der Waals surface area (Å²) in [6.45, 7) is 7.68. The summed E-state index contributed by atoms with van der Waals surface area (Å²) in [7, 11) is 0. The maximum Gasteiger partial charge on any atom is 0.318 e. The molecule has 0 fully saturated rings. The molecule has 2 aromatic heterocycles. The largest absolute Gasteiger partial charge is 0.406 e. The lowest BCUT2D eigenvalue weighted by atomic mass is 10.1. The van der Waals surface area contributed by atoms with Gasteiger partial charge in [-0.2, -0.15) is 5.10 Å². The quantitative estimate of drug-likeness (QED) is 0.669. The zero-order valence-corrected chi connectivity index (χ0v) is 15.5. The third-order valence-electron chi connectivity index (χ3n) is 4.26. The molecule has 0 radical (unpaired) electrons. The van der Waals surface area contributed by atoms with Gasteiger partial charge in [0.2, 0.25) is 5.89 Å². The van der Waals surface area contributed by atoms with Gasteiger partial charge in [0.15, 0.2) is 0 Å². The van der Waals surface area contributed by atoms with Crippen LogP contribution in [0.25, 0.3) is 0 Å². The number of hydrogen-bond donors (Lipinski definition) is 1. The van der Waals surface area contributed by atoms with Gasteiger partial charge in [-0.3, -0.25) is 4.68 Å². The summed E-state index contributed by atoms with van der Waals surface area (Å²) in [5.41, 5.74) is 8.49. The summed E-state index contributed by atoms with van der Waals surface area (Å²) in [6, 6.07) is 10.6. The summed E-state index contributed by atoms with van der Waals surface area (Å²) >= 11 is 0. The monoisotopic (exact) mass is 354 g/mol. The van der Waals surface area contributed by atoms with E-state index in [1.807, 2.05) is 52.3 Å². The lowest BCUT2D eigenvalue weighted by molar-refractivity contribution is 0.443. The fourth-order valence-corrected chi connectivity index (χ4v) is 2.74. The summed E-state index contributed by atoms with van der Waals surface area (Å²) in [5, 5.41) is 12.7. The lowest BCUT2D eigenvalue weighted by Crippen LogP contribution is -2.22. The van der Waals surface area contributed by atoms with Gasteiger partial charge in [-0.05, 0) is 32.8 Å². The standard InChI is InChI=1S/C19H26N6O/c1-4-24(12-16-11-21-25(13-16)14(2)3)19-23-22-18(26-19)17(20)10-15-8-6-5-7-9-15/h5-9,11,13-14,17H,4,10,12,20H2,1-3H3/t17-/m1/s1. The van der Waals surface area contributed by atoms with Crippen molar-refractivity contribution in [2.45, 2.75) is 45.8 Å². The van der Waals surface area contributed by atoms with E-state index in [1.54, 1.807) is 0 Å². The van der Waals surface area contributed by atoms with E-state index in [0.717, 1.165) is 17.7 Å². The molecule has 0 aliphatic carbocycles. The third-order valence-corrected chi connectivity index (χ3v) is 4.26. The van der Waals surface area contributed by atoms with Crippen molar-refractivity contribution in [2.24, 2.45) is 5.73 Å². The Morgan fingerprint density at radius 2 is 1.92 bits per heavy atom. The van der Waals surface area contributed by atoms with Crippen molar-refractivity contribution in [2.75, 3.05) is 11.4 Å². The maximum atomic E-state index is 6.24. The number of anilines is 1. The van der Waals surface area contributed by atoms with Crippen LogP contribution in [-0.2, 0) is 13.0 Å². The van der Waals surface area contributed by atoms with E-state index in [4.69, 9.17) is 10.2 Å². The van der Waals surface area contributed by atoms with Crippen LogP contribution in [0.3, 0.4) is 0 Å². The first-order chi connectivity index (χ1) is 12.6. The Morgan fingerprint density at radius 3 is 2.58 bits per heavy atom. The van der Waals surface area contributed by atoms with Gasteiger partial charge in [0, 0.05) is 24.3 Å². The van der Waals surface area contributed by atoms with Crippen molar-refractivity contribution in [1.82, 2.24) is 20.0 Å². The van der Waals surface area contributed by atoms with Gasteiger partial charge >= 0.3 is 6.01 Å². The predicted molar refractivity (Wildman–Crippen MR) is 101 cm³/mol. The van der Waals surface area contributed by atoms with Crippen molar-refractivity contribution in [3.05, 3.63) is 59.7 Å². The van der Waals surface area contributed by atoms with E-state index in [2.05, 4.69) is 36.1 Å². The molecule has 0 aliphatic heterocycles. The van der Waals surface area contributed by atoms with Gasteiger partial charge in [0.1, 0.15) is 0 Å². The minimum atomic E-state index is -0.318. The van der Waals surface area contributed by atoms with Gasteiger partial charge in [0.05, 0.1) is 18.8 Å². The number of benzene rings is 1. The second-order valence-corrected chi connectivity index (χ2v) is 6.66. The highest BCUT2D eigenvalue weighted by Crippen LogP contribution is 2.21. The molecule has 0 saturated heterocycles. The number of aromatic nitrogens is 4. The van der Waals surface area contributed by atoms with Crippen LogP contribution in [0.15, 0.2) is 47.1 Å². The molecule has 138 valence electrons. The fraction of sp³-hybridized carbons (Fsp3) is 0.421. The molecule has 1 atom stereocenters. The molecular weight excluding hydrogens is 328 g/mol. The van der Waals surface area contributed by atoms with Crippen LogP contribution in [-0.4, -0.2) is 26.5 Å². The van der Waals surface area contributed by atoms with Crippen LogP contribution < -0.4 is 10.6 Å². The Bertz CT molecular complexity index is 810. The van der Waals surface area contributed by atoms with E-state index in [0.29, 0.717) is 30.9 Å². The predicted octanol–water partition coefficient (Wildman–Crippen LogP) is 3.12. The van der Waals surface area contributed by atoms with Crippen molar-refractivity contribution in [1.29, 1.82) is 0 Å². The molecule has 26 heavy (non-hydrogen) atoms. The van der Waals surface area contributed by atoms with Crippen LogP contribution >= 0.6 is 0 Å². The van der Waals surface area contributed by atoms with E-state index >= 15 is 0 Å². The summed E-state index contributed by atoms with van der Waals surface area (Å²) < 4.78 is 7.79. The highest BCUT2D eigenvalue weighted by atomic mass is 16.4. The molecule has 7 heteroatoms. The number of nitrogens with two attached hydrogens (primary N) is 1. The second kappa shape index (κ2) is 8.14. The molecule has 3 aromatic rings. The third kappa shape index (κ3) is 4.29. The van der Waals surface area contributed by atoms with E-state index in [1.165, 1.54) is 0 Å². The smallest absolute Gasteiger partial charge is 0.318 e.